The smallest absolute Gasteiger partial charge is 0.229 e. The van der Waals surface area contributed by atoms with Gasteiger partial charge in [0.25, 0.3) is 0 Å². The Morgan fingerprint density at radius 1 is 1.18 bits per heavy atom. The summed E-state index contributed by atoms with van der Waals surface area (Å²) in [6.45, 7) is 0. The molecular formula is C16H13BN4O. The van der Waals surface area contributed by atoms with Crippen LogP contribution in [0.25, 0.3) is 11.3 Å². The van der Waals surface area contributed by atoms with Crippen molar-refractivity contribution in [2.75, 3.05) is 5.32 Å². The van der Waals surface area contributed by atoms with Crippen LogP contribution in [0.1, 0.15) is 5.56 Å². The van der Waals surface area contributed by atoms with Gasteiger partial charge in [0.05, 0.1) is 12.1 Å². The average molecular weight is 288 g/mol. The van der Waals surface area contributed by atoms with Gasteiger partial charge in [-0.1, -0.05) is 29.7 Å². The van der Waals surface area contributed by atoms with Crippen LogP contribution in [0.3, 0.4) is 0 Å². The average Bonchev–Trinajstić information content (AvgIpc) is 2.99. The van der Waals surface area contributed by atoms with Crippen LogP contribution < -0.4 is 10.8 Å². The molecule has 0 atom stereocenters. The third-order valence-corrected chi connectivity index (χ3v) is 3.24. The fourth-order valence-corrected chi connectivity index (χ4v) is 2.12. The lowest BCUT2D eigenvalue weighted by molar-refractivity contribution is -0.115. The Hall–Kier alpha value is -2.89. The van der Waals surface area contributed by atoms with E-state index in [9.17, 15) is 4.79 Å². The summed E-state index contributed by atoms with van der Waals surface area (Å²) in [6, 6.07) is 12.8. The highest BCUT2D eigenvalue weighted by atomic mass is 16.1. The van der Waals surface area contributed by atoms with Gasteiger partial charge in [-0.05, 0) is 17.7 Å². The summed E-state index contributed by atoms with van der Waals surface area (Å²) in [4.78, 5) is 16.0. The minimum absolute atomic E-state index is 0.161. The molecule has 1 aromatic carbocycles. The van der Waals surface area contributed by atoms with Crippen molar-refractivity contribution in [1.82, 2.24) is 15.2 Å². The standard InChI is InChI=1S/C16H13BN4O/c17-13-4-2-1-3-12(13)9-16(22)19-15-10-14(20-21-15)11-5-7-18-8-6-11/h1-8,10H,9H2,(H2,19,20,21,22). The van der Waals surface area contributed by atoms with Crippen LogP contribution in [0.15, 0.2) is 54.9 Å². The molecule has 5 nitrogen and oxygen atoms in total. The number of benzene rings is 1. The second kappa shape index (κ2) is 6.26. The van der Waals surface area contributed by atoms with Crippen LogP contribution in [0.4, 0.5) is 5.82 Å². The zero-order valence-corrected chi connectivity index (χ0v) is 11.8. The number of nitrogens with one attached hydrogen (secondary N) is 2. The zero-order chi connectivity index (χ0) is 15.4. The van der Waals surface area contributed by atoms with Crippen LogP contribution in [-0.4, -0.2) is 28.9 Å². The molecule has 0 aliphatic carbocycles. The lowest BCUT2D eigenvalue weighted by Gasteiger charge is -2.05. The van der Waals surface area contributed by atoms with Crippen molar-refractivity contribution in [2.45, 2.75) is 6.42 Å². The van der Waals surface area contributed by atoms with Gasteiger partial charge in [-0.25, -0.2) is 0 Å². The quantitative estimate of drug-likeness (QED) is 0.714. The van der Waals surface area contributed by atoms with Gasteiger partial charge in [-0.3, -0.25) is 14.9 Å². The summed E-state index contributed by atoms with van der Waals surface area (Å²) >= 11 is 0. The van der Waals surface area contributed by atoms with Crippen molar-refractivity contribution in [1.29, 1.82) is 0 Å². The zero-order valence-electron chi connectivity index (χ0n) is 11.8. The molecule has 2 heterocycles. The van der Waals surface area contributed by atoms with Crippen LogP contribution in [0.5, 0.6) is 0 Å². The third kappa shape index (κ3) is 3.23. The van der Waals surface area contributed by atoms with Crippen LogP contribution >= 0.6 is 0 Å². The normalized spacial score (nSPS) is 10.4. The predicted molar refractivity (Wildman–Crippen MR) is 86.0 cm³/mol. The molecule has 3 aromatic rings. The van der Waals surface area contributed by atoms with E-state index in [0.29, 0.717) is 11.3 Å². The highest BCUT2D eigenvalue weighted by Crippen LogP contribution is 2.18. The molecule has 0 spiro atoms. The number of carbonyl (C=O) groups excluding carboxylic acids is 1. The Morgan fingerprint density at radius 2 is 1.95 bits per heavy atom. The van der Waals surface area contributed by atoms with E-state index in [4.69, 9.17) is 7.85 Å². The summed E-state index contributed by atoms with van der Waals surface area (Å²) in [7, 11) is 5.83. The minimum Gasteiger partial charge on any atom is -0.309 e. The van der Waals surface area contributed by atoms with E-state index in [1.165, 1.54) is 0 Å². The maximum Gasteiger partial charge on any atom is 0.229 e. The fourth-order valence-electron chi connectivity index (χ4n) is 2.12. The van der Waals surface area contributed by atoms with Crippen LogP contribution in [0, 0.1) is 0 Å². The number of nitrogens with zero attached hydrogens (tertiary/aromatic N) is 2. The number of amides is 1. The highest BCUT2D eigenvalue weighted by Gasteiger charge is 2.09. The van der Waals surface area contributed by atoms with E-state index in [1.54, 1.807) is 24.5 Å². The van der Waals surface area contributed by atoms with Crippen LogP contribution in [0.2, 0.25) is 0 Å². The number of pyridine rings is 1. The number of rotatable bonds is 4. The van der Waals surface area contributed by atoms with Gasteiger partial charge in [0.1, 0.15) is 7.85 Å². The van der Waals surface area contributed by atoms with Crippen molar-refractivity contribution < 1.29 is 4.79 Å². The lowest BCUT2D eigenvalue weighted by Crippen LogP contribution is -2.19. The van der Waals surface area contributed by atoms with Gasteiger partial charge in [0, 0.05) is 24.0 Å². The Labute approximate surface area is 129 Å². The predicted octanol–water partition coefficient (Wildman–Crippen LogP) is 1.45. The summed E-state index contributed by atoms with van der Waals surface area (Å²) in [6.07, 6.45) is 3.61. The first-order valence-corrected chi connectivity index (χ1v) is 6.81. The maximum absolute atomic E-state index is 12.0. The van der Waals surface area contributed by atoms with E-state index in [0.717, 1.165) is 16.8 Å². The van der Waals surface area contributed by atoms with Gasteiger partial charge in [-0.15, -0.1) is 0 Å². The first-order chi connectivity index (χ1) is 10.7. The van der Waals surface area contributed by atoms with Gasteiger partial charge >= 0.3 is 0 Å². The van der Waals surface area contributed by atoms with E-state index in [2.05, 4.69) is 20.5 Å². The molecule has 2 aromatic heterocycles. The first kappa shape index (κ1) is 14.1. The first-order valence-electron chi connectivity index (χ1n) is 6.81. The summed E-state index contributed by atoms with van der Waals surface area (Å²) < 4.78 is 0. The number of hydrogen-bond donors (Lipinski definition) is 2. The van der Waals surface area contributed by atoms with Crippen LogP contribution in [-0.2, 0) is 11.2 Å². The SMILES string of the molecule is [B]c1ccccc1CC(=O)Nc1cc(-c2ccncc2)[nH]n1. The number of anilines is 1. The molecule has 2 radical (unpaired) electrons. The number of aromatic nitrogens is 3. The molecular weight excluding hydrogens is 275 g/mol. The number of H-pyrrole nitrogens is 1. The van der Waals surface area contributed by atoms with Gasteiger partial charge < -0.3 is 5.32 Å². The topological polar surface area (TPSA) is 70.7 Å². The Bertz CT molecular complexity index is 786. The highest BCUT2D eigenvalue weighted by molar-refractivity contribution is 6.33. The minimum atomic E-state index is -0.161. The maximum atomic E-state index is 12.0. The molecule has 106 valence electrons. The number of carbonyl (C=O) groups is 1. The van der Waals surface area contributed by atoms with E-state index in [1.807, 2.05) is 30.3 Å². The van der Waals surface area contributed by atoms with Crippen molar-refractivity contribution in [3.05, 3.63) is 60.4 Å². The van der Waals surface area contributed by atoms with E-state index >= 15 is 0 Å². The van der Waals surface area contributed by atoms with Gasteiger partial charge in [0.15, 0.2) is 5.82 Å². The van der Waals surface area contributed by atoms with E-state index in [-0.39, 0.29) is 12.3 Å². The molecule has 22 heavy (non-hydrogen) atoms. The molecule has 0 bridgehead atoms. The van der Waals surface area contributed by atoms with E-state index < -0.39 is 0 Å². The van der Waals surface area contributed by atoms with Crippen molar-refractivity contribution >= 4 is 25.0 Å². The van der Waals surface area contributed by atoms with Crippen molar-refractivity contribution in [3.63, 3.8) is 0 Å². The molecule has 0 saturated carbocycles. The summed E-state index contributed by atoms with van der Waals surface area (Å²) in [5.74, 6) is 0.317. The molecule has 0 saturated heterocycles. The van der Waals surface area contributed by atoms with Gasteiger partial charge in [-0.2, -0.15) is 5.10 Å². The third-order valence-electron chi connectivity index (χ3n) is 3.24. The Balaban J connectivity index is 1.68. The largest absolute Gasteiger partial charge is 0.309 e. The van der Waals surface area contributed by atoms with Gasteiger partial charge in [0.2, 0.25) is 5.91 Å². The summed E-state index contributed by atoms with van der Waals surface area (Å²) in [5, 5.41) is 9.73. The number of hydrogen-bond acceptors (Lipinski definition) is 3. The Morgan fingerprint density at radius 3 is 2.73 bits per heavy atom. The fraction of sp³-hybridized carbons (Fsp3) is 0.0625. The molecule has 2 N–H and O–H groups in total. The second-order valence-electron chi connectivity index (χ2n) is 4.83. The molecule has 3 rings (SSSR count). The molecule has 0 fully saturated rings. The lowest BCUT2D eigenvalue weighted by atomic mass is 9.89. The monoisotopic (exact) mass is 288 g/mol. The summed E-state index contributed by atoms with van der Waals surface area (Å²) in [5.41, 5.74) is 3.18. The molecule has 0 aliphatic rings. The molecule has 6 heteroatoms. The molecule has 1 amide bonds. The molecule has 0 unspecified atom stereocenters. The molecule has 0 aliphatic heterocycles. The second-order valence-corrected chi connectivity index (χ2v) is 4.83. The Kier molecular flexibility index (Phi) is 4.00. The number of aromatic amines is 1. The van der Waals surface area contributed by atoms with Crippen molar-refractivity contribution in [3.8, 4) is 11.3 Å². The van der Waals surface area contributed by atoms with Crippen molar-refractivity contribution in [2.24, 2.45) is 0 Å².